The van der Waals surface area contributed by atoms with Crippen molar-refractivity contribution in [3.63, 3.8) is 0 Å². The van der Waals surface area contributed by atoms with E-state index in [1.807, 2.05) is 19.1 Å². The average Bonchev–Trinajstić information content (AvgIpc) is 2.58. The maximum absolute atomic E-state index is 12.5. The lowest BCUT2D eigenvalue weighted by atomic mass is 9.98. The van der Waals surface area contributed by atoms with E-state index in [2.05, 4.69) is 0 Å². The Bertz CT molecular complexity index is 587. The van der Waals surface area contributed by atoms with Crippen LogP contribution in [0.2, 0.25) is 0 Å². The van der Waals surface area contributed by atoms with Gasteiger partial charge < -0.3 is 19.5 Å². The first kappa shape index (κ1) is 18.1. The summed E-state index contributed by atoms with van der Waals surface area (Å²) >= 11 is 0. The Balaban J connectivity index is 1.96. The van der Waals surface area contributed by atoms with E-state index in [0.717, 1.165) is 24.8 Å². The molecule has 1 atom stereocenters. The number of hydrogen-bond donors (Lipinski definition) is 1. The summed E-state index contributed by atoms with van der Waals surface area (Å²) in [7, 11) is 1.57. The number of benzene rings is 1. The second-order valence-electron chi connectivity index (χ2n) is 6.11. The number of amides is 1. The third-order valence-corrected chi connectivity index (χ3v) is 4.31. The molecule has 0 saturated carbocycles. The fourth-order valence-electron chi connectivity index (χ4n) is 3.04. The molecule has 0 radical (unpaired) electrons. The second kappa shape index (κ2) is 8.57. The van der Waals surface area contributed by atoms with Gasteiger partial charge in [0, 0.05) is 19.0 Å². The summed E-state index contributed by atoms with van der Waals surface area (Å²) in [4.78, 5) is 25.1. The fraction of sp³-hybridized carbons (Fsp3) is 0.556. The standard InChI is InChI=1S/C18H25NO5/c1-13-6-8-15(16(11-13)23-2)24-12-17(20)19-10-4-3-5-14(19)7-9-18(21)22/h6,8,11,14H,3-5,7,9-10,12H2,1-2H3,(H,21,22)/t14-/m0/s1. The van der Waals surface area contributed by atoms with Crippen molar-refractivity contribution in [2.75, 3.05) is 20.3 Å². The van der Waals surface area contributed by atoms with E-state index in [1.54, 1.807) is 18.1 Å². The number of aryl methyl sites for hydroxylation is 1. The second-order valence-corrected chi connectivity index (χ2v) is 6.11. The highest BCUT2D eigenvalue weighted by Crippen LogP contribution is 2.28. The number of methoxy groups -OCH3 is 1. The molecule has 0 unspecified atom stereocenters. The van der Waals surface area contributed by atoms with Crippen LogP contribution in [0.3, 0.4) is 0 Å². The maximum Gasteiger partial charge on any atom is 0.303 e. The Morgan fingerprint density at radius 3 is 2.79 bits per heavy atom. The molecule has 1 aliphatic heterocycles. The first-order valence-corrected chi connectivity index (χ1v) is 8.30. The predicted octanol–water partition coefficient (Wildman–Crippen LogP) is 2.63. The third kappa shape index (κ3) is 4.88. The van der Waals surface area contributed by atoms with Crippen LogP contribution in [0.4, 0.5) is 0 Å². The minimum Gasteiger partial charge on any atom is -0.493 e. The molecule has 1 saturated heterocycles. The zero-order chi connectivity index (χ0) is 17.5. The highest BCUT2D eigenvalue weighted by Gasteiger charge is 2.27. The quantitative estimate of drug-likeness (QED) is 0.829. The third-order valence-electron chi connectivity index (χ3n) is 4.31. The molecular weight excluding hydrogens is 310 g/mol. The molecule has 0 spiro atoms. The summed E-state index contributed by atoms with van der Waals surface area (Å²) in [5.74, 6) is 0.209. The van der Waals surface area contributed by atoms with Crippen LogP contribution in [0.15, 0.2) is 18.2 Å². The summed E-state index contributed by atoms with van der Waals surface area (Å²) in [6, 6.07) is 5.54. The van der Waals surface area contributed by atoms with Crippen LogP contribution in [0, 0.1) is 6.92 Å². The van der Waals surface area contributed by atoms with Crippen molar-refractivity contribution in [2.24, 2.45) is 0 Å². The lowest BCUT2D eigenvalue weighted by Crippen LogP contribution is -2.46. The molecule has 1 aromatic rings. The monoisotopic (exact) mass is 335 g/mol. The lowest BCUT2D eigenvalue weighted by Gasteiger charge is -2.35. The zero-order valence-corrected chi connectivity index (χ0v) is 14.3. The van der Waals surface area contributed by atoms with E-state index in [9.17, 15) is 9.59 Å². The molecule has 1 fully saturated rings. The fourth-order valence-corrected chi connectivity index (χ4v) is 3.04. The molecule has 0 aromatic heterocycles. The Hall–Kier alpha value is -2.24. The van der Waals surface area contributed by atoms with Crippen molar-refractivity contribution < 1.29 is 24.2 Å². The van der Waals surface area contributed by atoms with Gasteiger partial charge >= 0.3 is 5.97 Å². The summed E-state index contributed by atoms with van der Waals surface area (Å²) < 4.78 is 10.9. The van der Waals surface area contributed by atoms with Gasteiger partial charge in [-0.2, -0.15) is 0 Å². The lowest BCUT2D eigenvalue weighted by molar-refractivity contribution is -0.141. The maximum atomic E-state index is 12.5. The van der Waals surface area contributed by atoms with Gasteiger partial charge in [-0.15, -0.1) is 0 Å². The van der Waals surface area contributed by atoms with Crippen molar-refractivity contribution in [3.05, 3.63) is 23.8 Å². The molecule has 1 N–H and O–H groups in total. The van der Waals surface area contributed by atoms with Crippen LogP contribution in [0.5, 0.6) is 11.5 Å². The summed E-state index contributed by atoms with van der Waals surface area (Å²) in [6.45, 7) is 2.55. The Kier molecular flexibility index (Phi) is 6.46. The number of hydrogen-bond acceptors (Lipinski definition) is 4. The SMILES string of the molecule is COc1cc(C)ccc1OCC(=O)N1CCCC[C@H]1CCC(=O)O. The van der Waals surface area contributed by atoms with Gasteiger partial charge in [0.25, 0.3) is 5.91 Å². The van der Waals surface area contributed by atoms with Gasteiger partial charge in [0.2, 0.25) is 0 Å². The minimum absolute atomic E-state index is 0.00846. The summed E-state index contributed by atoms with van der Waals surface area (Å²) in [6.07, 6.45) is 3.41. The van der Waals surface area contributed by atoms with Gasteiger partial charge in [0.1, 0.15) is 0 Å². The number of carbonyl (C=O) groups excluding carboxylic acids is 1. The van der Waals surface area contributed by atoms with Crippen molar-refractivity contribution in [1.82, 2.24) is 4.90 Å². The first-order valence-electron chi connectivity index (χ1n) is 8.30. The van der Waals surface area contributed by atoms with Gasteiger partial charge in [-0.05, 0) is 50.3 Å². The first-order chi connectivity index (χ1) is 11.5. The van der Waals surface area contributed by atoms with E-state index in [-0.39, 0.29) is 25.0 Å². The van der Waals surface area contributed by atoms with Gasteiger partial charge in [-0.3, -0.25) is 9.59 Å². The number of aliphatic carboxylic acids is 1. The Morgan fingerprint density at radius 2 is 2.08 bits per heavy atom. The minimum atomic E-state index is -0.825. The number of carboxylic acid groups (broad SMARTS) is 1. The zero-order valence-electron chi connectivity index (χ0n) is 14.3. The van der Waals surface area contributed by atoms with Crippen molar-refractivity contribution >= 4 is 11.9 Å². The van der Waals surface area contributed by atoms with Crippen LogP contribution >= 0.6 is 0 Å². The van der Waals surface area contributed by atoms with Crippen molar-refractivity contribution in [2.45, 2.75) is 45.1 Å². The van der Waals surface area contributed by atoms with Gasteiger partial charge in [-0.1, -0.05) is 6.07 Å². The molecule has 1 amide bonds. The summed E-state index contributed by atoms with van der Waals surface area (Å²) in [5.41, 5.74) is 1.05. The molecule has 6 heteroatoms. The number of likely N-dealkylation sites (tertiary alicyclic amines) is 1. The molecule has 2 rings (SSSR count). The van der Waals surface area contributed by atoms with E-state index >= 15 is 0 Å². The van der Waals surface area contributed by atoms with Crippen LogP contribution in [-0.2, 0) is 9.59 Å². The number of ether oxygens (including phenoxy) is 2. The number of carboxylic acids is 1. The molecule has 0 bridgehead atoms. The number of nitrogens with zero attached hydrogens (tertiary/aromatic N) is 1. The highest BCUT2D eigenvalue weighted by molar-refractivity contribution is 5.78. The van der Waals surface area contributed by atoms with Crippen LogP contribution < -0.4 is 9.47 Å². The molecular formula is C18H25NO5. The van der Waals surface area contributed by atoms with Gasteiger partial charge in [-0.25, -0.2) is 0 Å². The van der Waals surface area contributed by atoms with Crippen LogP contribution in [0.25, 0.3) is 0 Å². The van der Waals surface area contributed by atoms with Gasteiger partial charge in [0.15, 0.2) is 18.1 Å². The molecule has 6 nitrogen and oxygen atoms in total. The smallest absolute Gasteiger partial charge is 0.303 e. The van der Waals surface area contributed by atoms with E-state index in [0.29, 0.717) is 24.5 Å². The predicted molar refractivity (Wildman–Crippen MR) is 89.4 cm³/mol. The molecule has 1 aromatic carbocycles. The molecule has 0 aliphatic carbocycles. The van der Waals surface area contributed by atoms with Crippen molar-refractivity contribution in [1.29, 1.82) is 0 Å². The molecule has 132 valence electrons. The number of piperidine rings is 1. The number of rotatable bonds is 7. The van der Waals surface area contributed by atoms with E-state index < -0.39 is 5.97 Å². The van der Waals surface area contributed by atoms with Gasteiger partial charge in [0.05, 0.1) is 7.11 Å². The highest BCUT2D eigenvalue weighted by atomic mass is 16.5. The largest absolute Gasteiger partial charge is 0.493 e. The average molecular weight is 335 g/mol. The van der Waals surface area contributed by atoms with Crippen molar-refractivity contribution in [3.8, 4) is 11.5 Å². The molecule has 1 aliphatic rings. The van der Waals surface area contributed by atoms with E-state index in [4.69, 9.17) is 14.6 Å². The number of carbonyl (C=O) groups is 2. The topological polar surface area (TPSA) is 76.1 Å². The Labute approximate surface area is 142 Å². The molecule has 24 heavy (non-hydrogen) atoms. The molecule has 1 heterocycles. The van der Waals surface area contributed by atoms with Crippen LogP contribution in [-0.4, -0.2) is 48.2 Å². The summed E-state index contributed by atoms with van der Waals surface area (Å²) in [5, 5.41) is 8.86. The van der Waals surface area contributed by atoms with E-state index in [1.165, 1.54) is 0 Å². The van der Waals surface area contributed by atoms with Crippen LogP contribution in [0.1, 0.15) is 37.7 Å². The Morgan fingerprint density at radius 1 is 1.29 bits per heavy atom. The normalized spacial score (nSPS) is 17.4.